The van der Waals surface area contributed by atoms with Crippen molar-refractivity contribution in [3.8, 4) is 11.5 Å². The molecule has 1 rings (SSSR count). The largest absolute Gasteiger partial charge is 0.493 e. The van der Waals surface area contributed by atoms with Crippen molar-refractivity contribution in [2.24, 2.45) is 5.92 Å². The minimum atomic E-state index is 0.0199. The molecule has 0 aliphatic carbocycles. The van der Waals surface area contributed by atoms with Crippen LogP contribution in [0.1, 0.15) is 25.0 Å². The van der Waals surface area contributed by atoms with E-state index in [1.807, 2.05) is 32.9 Å². The van der Waals surface area contributed by atoms with Crippen LogP contribution in [0.2, 0.25) is 0 Å². The molecule has 0 aromatic heterocycles. The quantitative estimate of drug-likeness (QED) is 0.858. The topological polar surface area (TPSA) is 47.6 Å². The summed E-state index contributed by atoms with van der Waals surface area (Å²) in [6.45, 7) is 6.43. The van der Waals surface area contributed by atoms with Crippen LogP contribution in [0.3, 0.4) is 0 Å². The number of carbonyl (C=O) groups is 1. The molecular formula is C15H23NO3. The summed E-state index contributed by atoms with van der Waals surface area (Å²) in [7, 11) is 3.25. The average molecular weight is 265 g/mol. The summed E-state index contributed by atoms with van der Waals surface area (Å²) in [6, 6.07) is 3.92. The van der Waals surface area contributed by atoms with Crippen molar-refractivity contribution in [2.45, 2.75) is 27.2 Å². The number of methoxy groups -OCH3 is 2. The Morgan fingerprint density at radius 2 is 1.79 bits per heavy atom. The lowest BCUT2D eigenvalue weighted by Gasteiger charge is -2.13. The van der Waals surface area contributed by atoms with Crippen molar-refractivity contribution < 1.29 is 14.3 Å². The van der Waals surface area contributed by atoms with Gasteiger partial charge in [0.15, 0.2) is 11.5 Å². The normalized spacial score (nSPS) is 10.4. The van der Waals surface area contributed by atoms with Gasteiger partial charge in [0.05, 0.1) is 14.2 Å². The molecule has 0 saturated heterocycles. The molecule has 1 aromatic rings. The molecule has 19 heavy (non-hydrogen) atoms. The number of amides is 1. The van der Waals surface area contributed by atoms with E-state index in [0.717, 1.165) is 29.0 Å². The summed E-state index contributed by atoms with van der Waals surface area (Å²) in [5.74, 6) is 1.55. The molecule has 0 radical (unpaired) electrons. The lowest BCUT2D eigenvalue weighted by atomic mass is 10.0. The number of hydrogen-bond acceptors (Lipinski definition) is 3. The molecule has 106 valence electrons. The van der Waals surface area contributed by atoms with Gasteiger partial charge in [-0.25, -0.2) is 0 Å². The number of benzene rings is 1. The average Bonchev–Trinajstić information content (AvgIpc) is 2.39. The minimum absolute atomic E-state index is 0.0199. The number of nitrogens with one attached hydrogen (secondary N) is 1. The van der Waals surface area contributed by atoms with E-state index in [0.29, 0.717) is 6.54 Å². The Kier molecular flexibility index (Phi) is 5.67. The van der Waals surface area contributed by atoms with Gasteiger partial charge in [-0.1, -0.05) is 13.8 Å². The highest BCUT2D eigenvalue weighted by molar-refractivity contribution is 5.77. The maximum absolute atomic E-state index is 11.5. The SMILES string of the molecule is COc1cc(C)c(CCNC(=O)C(C)C)cc1OC. The van der Waals surface area contributed by atoms with E-state index in [1.165, 1.54) is 0 Å². The zero-order valence-electron chi connectivity index (χ0n) is 12.4. The smallest absolute Gasteiger partial charge is 0.222 e. The van der Waals surface area contributed by atoms with Crippen molar-refractivity contribution in [1.82, 2.24) is 5.32 Å². The lowest BCUT2D eigenvalue weighted by Crippen LogP contribution is -2.29. The highest BCUT2D eigenvalue weighted by Crippen LogP contribution is 2.30. The Morgan fingerprint density at radius 3 is 2.32 bits per heavy atom. The number of hydrogen-bond donors (Lipinski definition) is 1. The highest BCUT2D eigenvalue weighted by Gasteiger charge is 2.10. The summed E-state index contributed by atoms with van der Waals surface area (Å²) in [6.07, 6.45) is 0.782. The van der Waals surface area contributed by atoms with Crippen molar-refractivity contribution in [3.63, 3.8) is 0 Å². The molecule has 0 aliphatic heterocycles. The van der Waals surface area contributed by atoms with Crippen LogP contribution in [0.15, 0.2) is 12.1 Å². The van der Waals surface area contributed by atoms with Gasteiger partial charge < -0.3 is 14.8 Å². The molecular weight excluding hydrogens is 242 g/mol. The predicted octanol–water partition coefficient (Wildman–Crippen LogP) is 2.33. The fourth-order valence-corrected chi connectivity index (χ4v) is 1.82. The molecule has 4 heteroatoms. The first-order valence-corrected chi connectivity index (χ1v) is 6.48. The van der Waals surface area contributed by atoms with Gasteiger partial charge in [-0.3, -0.25) is 4.79 Å². The number of aryl methyl sites for hydroxylation is 1. The number of carbonyl (C=O) groups excluding carboxylic acids is 1. The second kappa shape index (κ2) is 7.02. The van der Waals surface area contributed by atoms with Gasteiger partial charge in [-0.15, -0.1) is 0 Å². The third-order valence-electron chi connectivity index (χ3n) is 3.06. The molecule has 0 fully saturated rings. The van der Waals surface area contributed by atoms with Gasteiger partial charge in [0, 0.05) is 12.5 Å². The number of rotatable bonds is 6. The van der Waals surface area contributed by atoms with Crippen LogP contribution in [0.4, 0.5) is 0 Å². The van der Waals surface area contributed by atoms with Crippen molar-refractivity contribution in [3.05, 3.63) is 23.3 Å². The third-order valence-corrected chi connectivity index (χ3v) is 3.06. The number of ether oxygens (including phenoxy) is 2. The van der Waals surface area contributed by atoms with E-state index in [9.17, 15) is 4.79 Å². The predicted molar refractivity (Wildman–Crippen MR) is 75.8 cm³/mol. The van der Waals surface area contributed by atoms with Crippen molar-refractivity contribution in [1.29, 1.82) is 0 Å². The molecule has 4 nitrogen and oxygen atoms in total. The first-order chi connectivity index (χ1) is 8.99. The van der Waals surface area contributed by atoms with Gasteiger partial charge in [0.25, 0.3) is 0 Å². The second-order valence-electron chi connectivity index (χ2n) is 4.83. The maximum atomic E-state index is 11.5. The monoisotopic (exact) mass is 265 g/mol. The molecule has 0 unspecified atom stereocenters. The molecule has 1 N–H and O–H groups in total. The molecule has 0 bridgehead atoms. The second-order valence-corrected chi connectivity index (χ2v) is 4.83. The van der Waals surface area contributed by atoms with E-state index in [1.54, 1.807) is 14.2 Å². The van der Waals surface area contributed by atoms with Crippen LogP contribution in [0.25, 0.3) is 0 Å². The standard InChI is InChI=1S/C15H23NO3/c1-10(2)15(17)16-7-6-12-9-14(19-5)13(18-4)8-11(12)3/h8-10H,6-7H2,1-5H3,(H,16,17). The minimum Gasteiger partial charge on any atom is -0.493 e. The molecule has 0 heterocycles. The molecule has 0 atom stereocenters. The van der Waals surface area contributed by atoms with Gasteiger partial charge in [-0.2, -0.15) is 0 Å². The summed E-state index contributed by atoms with van der Waals surface area (Å²) in [5.41, 5.74) is 2.29. The summed E-state index contributed by atoms with van der Waals surface area (Å²) in [5, 5.41) is 2.91. The first-order valence-electron chi connectivity index (χ1n) is 6.48. The Hall–Kier alpha value is -1.71. The van der Waals surface area contributed by atoms with Crippen LogP contribution in [-0.2, 0) is 11.2 Å². The summed E-state index contributed by atoms with van der Waals surface area (Å²) < 4.78 is 10.5. The fourth-order valence-electron chi connectivity index (χ4n) is 1.82. The molecule has 1 aromatic carbocycles. The van der Waals surface area contributed by atoms with E-state index in [-0.39, 0.29) is 11.8 Å². The lowest BCUT2D eigenvalue weighted by molar-refractivity contribution is -0.123. The molecule has 0 aliphatic rings. The van der Waals surface area contributed by atoms with E-state index in [2.05, 4.69) is 5.32 Å². The zero-order chi connectivity index (χ0) is 14.4. The summed E-state index contributed by atoms with van der Waals surface area (Å²) in [4.78, 5) is 11.5. The Bertz CT molecular complexity index is 441. The van der Waals surface area contributed by atoms with Crippen molar-refractivity contribution >= 4 is 5.91 Å². The van der Waals surface area contributed by atoms with Gasteiger partial charge in [0.2, 0.25) is 5.91 Å². The van der Waals surface area contributed by atoms with Crippen molar-refractivity contribution in [2.75, 3.05) is 20.8 Å². The zero-order valence-corrected chi connectivity index (χ0v) is 12.4. The van der Waals surface area contributed by atoms with Crippen LogP contribution < -0.4 is 14.8 Å². The Morgan fingerprint density at radius 1 is 1.21 bits per heavy atom. The first kappa shape index (κ1) is 15.3. The highest BCUT2D eigenvalue weighted by atomic mass is 16.5. The van der Waals surface area contributed by atoms with E-state index < -0.39 is 0 Å². The summed E-state index contributed by atoms with van der Waals surface area (Å²) >= 11 is 0. The Balaban J connectivity index is 2.71. The van der Waals surface area contributed by atoms with Gasteiger partial charge in [0.1, 0.15) is 0 Å². The van der Waals surface area contributed by atoms with Crippen LogP contribution in [0, 0.1) is 12.8 Å². The Labute approximate surface area is 115 Å². The van der Waals surface area contributed by atoms with Gasteiger partial charge in [-0.05, 0) is 36.6 Å². The van der Waals surface area contributed by atoms with E-state index >= 15 is 0 Å². The molecule has 1 amide bonds. The third kappa shape index (κ3) is 4.16. The van der Waals surface area contributed by atoms with Crippen LogP contribution in [-0.4, -0.2) is 26.7 Å². The van der Waals surface area contributed by atoms with Gasteiger partial charge >= 0.3 is 0 Å². The molecule has 0 spiro atoms. The molecule has 0 saturated carbocycles. The van der Waals surface area contributed by atoms with E-state index in [4.69, 9.17) is 9.47 Å². The fraction of sp³-hybridized carbons (Fsp3) is 0.533. The van der Waals surface area contributed by atoms with Crippen LogP contribution in [0.5, 0.6) is 11.5 Å². The van der Waals surface area contributed by atoms with Crippen LogP contribution >= 0.6 is 0 Å². The maximum Gasteiger partial charge on any atom is 0.222 e.